The second-order valence-corrected chi connectivity index (χ2v) is 9.14. The number of rotatable bonds is 2. The van der Waals surface area contributed by atoms with Crippen LogP contribution in [0.3, 0.4) is 0 Å². The highest BCUT2D eigenvalue weighted by Crippen LogP contribution is 2.52. The van der Waals surface area contributed by atoms with Gasteiger partial charge in [-0.3, -0.25) is 10.1 Å². The standard InChI is InChI=1S/C21H27BrN2O3/c1-14-17-4-2-5-19(25)24-13-3-11-21(17,24)12-10-18(14)27-20(26)23-16-8-6-15(22)7-9-16/h6-9,14,17-18H,2-5,10-13H2,1H3,(H,23,26)/t14-,17+,18+,21-/m1/s1. The van der Waals surface area contributed by atoms with Gasteiger partial charge in [-0.2, -0.15) is 0 Å². The second kappa shape index (κ2) is 7.46. The summed E-state index contributed by atoms with van der Waals surface area (Å²) in [4.78, 5) is 27.2. The molecule has 0 bridgehead atoms. The van der Waals surface area contributed by atoms with Gasteiger partial charge < -0.3 is 9.64 Å². The lowest BCUT2D eigenvalue weighted by atomic mass is 9.64. The fourth-order valence-corrected chi connectivity index (χ4v) is 5.90. The first-order valence-corrected chi connectivity index (χ1v) is 10.8. The zero-order chi connectivity index (χ0) is 19.0. The Balaban J connectivity index is 1.45. The average Bonchev–Trinajstić information content (AvgIpc) is 3.01. The molecule has 2 heterocycles. The highest BCUT2D eigenvalue weighted by atomic mass is 79.9. The van der Waals surface area contributed by atoms with E-state index in [1.165, 1.54) is 0 Å². The number of hydrogen-bond donors (Lipinski definition) is 1. The van der Waals surface area contributed by atoms with E-state index in [9.17, 15) is 9.59 Å². The van der Waals surface area contributed by atoms with Crippen LogP contribution >= 0.6 is 15.9 Å². The van der Waals surface area contributed by atoms with Crippen molar-refractivity contribution in [2.45, 2.75) is 63.5 Å². The minimum Gasteiger partial charge on any atom is -0.446 e. The second-order valence-electron chi connectivity index (χ2n) is 8.22. The van der Waals surface area contributed by atoms with E-state index in [2.05, 4.69) is 33.1 Å². The Bertz CT molecular complexity index is 723. The van der Waals surface area contributed by atoms with Crippen molar-refractivity contribution >= 4 is 33.6 Å². The van der Waals surface area contributed by atoms with Gasteiger partial charge in [-0.15, -0.1) is 0 Å². The quantitative estimate of drug-likeness (QED) is 0.715. The predicted molar refractivity (Wildman–Crippen MR) is 107 cm³/mol. The van der Waals surface area contributed by atoms with Crippen LogP contribution in [0.1, 0.15) is 51.9 Å². The maximum Gasteiger partial charge on any atom is 0.411 e. The lowest BCUT2D eigenvalue weighted by Crippen LogP contribution is -2.57. The first-order valence-electron chi connectivity index (χ1n) is 10.0. The molecule has 2 amide bonds. The topological polar surface area (TPSA) is 58.6 Å². The molecule has 0 unspecified atom stereocenters. The van der Waals surface area contributed by atoms with Crippen molar-refractivity contribution in [3.8, 4) is 0 Å². The van der Waals surface area contributed by atoms with E-state index < -0.39 is 6.09 Å². The van der Waals surface area contributed by atoms with E-state index in [1.807, 2.05) is 24.3 Å². The molecule has 1 saturated carbocycles. The van der Waals surface area contributed by atoms with Gasteiger partial charge in [-0.05, 0) is 74.6 Å². The molecule has 4 atom stereocenters. The maximum absolute atomic E-state index is 12.6. The Hall–Kier alpha value is -1.56. The molecule has 3 aliphatic rings. The molecule has 3 fully saturated rings. The van der Waals surface area contributed by atoms with Crippen LogP contribution in [-0.2, 0) is 9.53 Å². The van der Waals surface area contributed by atoms with E-state index in [-0.39, 0.29) is 17.6 Å². The largest absolute Gasteiger partial charge is 0.446 e. The summed E-state index contributed by atoms with van der Waals surface area (Å²) in [5, 5.41) is 2.83. The first kappa shape index (κ1) is 18.8. The zero-order valence-electron chi connectivity index (χ0n) is 15.7. The Kier molecular flexibility index (Phi) is 5.19. The first-order chi connectivity index (χ1) is 13.0. The summed E-state index contributed by atoms with van der Waals surface area (Å²) in [6.45, 7) is 3.10. The molecule has 146 valence electrons. The Morgan fingerprint density at radius 3 is 2.78 bits per heavy atom. The van der Waals surface area contributed by atoms with Crippen molar-refractivity contribution in [1.29, 1.82) is 0 Å². The molecular formula is C21H27BrN2O3. The molecule has 1 aliphatic carbocycles. The molecule has 1 N–H and O–H groups in total. The molecule has 1 aromatic carbocycles. The van der Waals surface area contributed by atoms with Crippen molar-refractivity contribution in [3.63, 3.8) is 0 Å². The number of nitrogens with one attached hydrogen (secondary N) is 1. The summed E-state index contributed by atoms with van der Waals surface area (Å²) in [5.41, 5.74) is 0.736. The molecule has 2 saturated heterocycles. The lowest BCUT2D eigenvalue weighted by molar-refractivity contribution is -0.140. The third kappa shape index (κ3) is 3.48. The Labute approximate surface area is 169 Å². The van der Waals surface area contributed by atoms with Crippen LogP contribution in [0.25, 0.3) is 0 Å². The number of nitrogens with zero attached hydrogens (tertiary/aromatic N) is 1. The predicted octanol–water partition coefficient (Wildman–Crippen LogP) is 4.96. The van der Waals surface area contributed by atoms with Crippen molar-refractivity contribution in [1.82, 2.24) is 4.90 Å². The third-order valence-corrected chi connectivity index (χ3v) is 7.39. The summed E-state index contributed by atoms with van der Waals surface area (Å²) in [6.07, 6.45) is 6.17. The summed E-state index contributed by atoms with van der Waals surface area (Å²) >= 11 is 3.39. The number of benzene rings is 1. The molecule has 6 heteroatoms. The van der Waals surface area contributed by atoms with Gasteiger partial charge in [-0.25, -0.2) is 4.79 Å². The van der Waals surface area contributed by atoms with Crippen LogP contribution < -0.4 is 5.32 Å². The summed E-state index contributed by atoms with van der Waals surface area (Å²) in [5.74, 6) is 1.01. The monoisotopic (exact) mass is 434 g/mol. The van der Waals surface area contributed by atoms with E-state index in [4.69, 9.17) is 4.74 Å². The molecule has 1 aromatic rings. The minimum absolute atomic E-state index is 0.00897. The highest BCUT2D eigenvalue weighted by molar-refractivity contribution is 9.10. The molecule has 0 aromatic heterocycles. The van der Waals surface area contributed by atoms with Gasteiger partial charge in [0.25, 0.3) is 0 Å². The third-order valence-electron chi connectivity index (χ3n) is 6.86. The average molecular weight is 435 g/mol. The number of amides is 2. The molecule has 0 radical (unpaired) electrons. The lowest BCUT2D eigenvalue weighted by Gasteiger charge is -2.51. The van der Waals surface area contributed by atoms with Crippen molar-refractivity contribution in [3.05, 3.63) is 28.7 Å². The van der Waals surface area contributed by atoms with E-state index >= 15 is 0 Å². The van der Waals surface area contributed by atoms with E-state index in [0.717, 1.165) is 55.2 Å². The number of hydrogen-bond acceptors (Lipinski definition) is 3. The number of carbonyl (C=O) groups excluding carboxylic acids is 2. The normalized spacial score (nSPS) is 33.0. The van der Waals surface area contributed by atoms with Crippen LogP contribution in [0.15, 0.2) is 28.7 Å². The molecule has 1 spiro atoms. The molecule has 5 nitrogen and oxygen atoms in total. The zero-order valence-corrected chi connectivity index (χ0v) is 17.3. The number of carbonyl (C=O) groups is 2. The summed E-state index contributed by atoms with van der Waals surface area (Å²) in [7, 11) is 0. The fraction of sp³-hybridized carbons (Fsp3) is 0.619. The van der Waals surface area contributed by atoms with E-state index in [1.54, 1.807) is 0 Å². The maximum atomic E-state index is 12.6. The van der Waals surface area contributed by atoms with Crippen LogP contribution in [0, 0.1) is 11.8 Å². The molecule has 2 aliphatic heterocycles. The minimum atomic E-state index is -0.391. The number of halogens is 1. The van der Waals surface area contributed by atoms with Crippen molar-refractivity contribution in [2.75, 3.05) is 11.9 Å². The van der Waals surface area contributed by atoms with Gasteiger partial charge in [-0.1, -0.05) is 22.9 Å². The number of anilines is 1. The van der Waals surface area contributed by atoms with Crippen LogP contribution in [0.5, 0.6) is 0 Å². The van der Waals surface area contributed by atoms with Gasteiger partial charge in [0.05, 0.1) is 0 Å². The molecule has 27 heavy (non-hydrogen) atoms. The van der Waals surface area contributed by atoms with Crippen molar-refractivity contribution in [2.24, 2.45) is 11.8 Å². The van der Waals surface area contributed by atoms with Gasteiger partial charge in [0.1, 0.15) is 6.10 Å². The van der Waals surface area contributed by atoms with Crippen LogP contribution in [-0.4, -0.2) is 35.1 Å². The fourth-order valence-electron chi connectivity index (χ4n) is 5.63. The summed E-state index contributed by atoms with van der Waals surface area (Å²) < 4.78 is 6.80. The Morgan fingerprint density at radius 1 is 1.22 bits per heavy atom. The van der Waals surface area contributed by atoms with Crippen LogP contribution in [0.2, 0.25) is 0 Å². The van der Waals surface area contributed by atoms with E-state index in [0.29, 0.717) is 18.2 Å². The SMILES string of the molecule is C[C@H]1[C@@H](OC(=O)Nc2ccc(Br)cc2)CC[C@@]23CCCN2C(=O)CCC[C@@H]13. The smallest absolute Gasteiger partial charge is 0.411 e. The highest BCUT2D eigenvalue weighted by Gasteiger charge is 2.55. The summed E-state index contributed by atoms with van der Waals surface area (Å²) in [6, 6.07) is 7.47. The number of ether oxygens (including phenoxy) is 1. The van der Waals surface area contributed by atoms with Gasteiger partial charge in [0.15, 0.2) is 0 Å². The molecule has 4 rings (SSSR count). The molecular weight excluding hydrogens is 408 g/mol. The van der Waals surface area contributed by atoms with Crippen LogP contribution in [0.4, 0.5) is 10.5 Å². The van der Waals surface area contributed by atoms with Gasteiger partial charge in [0.2, 0.25) is 5.91 Å². The Morgan fingerprint density at radius 2 is 2.00 bits per heavy atom. The van der Waals surface area contributed by atoms with Gasteiger partial charge >= 0.3 is 6.09 Å². The van der Waals surface area contributed by atoms with Gasteiger partial charge in [0, 0.05) is 28.7 Å². The van der Waals surface area contributed by atoms with Crippen molar-refractivity contribution < 1.29 is 14.3 Å².